The van der Waals surface area contributed by atoms with E-state index in [1.54, 1.807) is 6.20 Å². The van der Waals surface area contributed by atoms with E-state index in [9.17, 15) is 0 Å². The number of aryl methyl sites for hydroxylation is 2. The minimum Gasteiger partial charge on any atom is -0.340 e. The number of nitrogens with one attached hydrogen (secondary N) is 1. The molecule has 0 spiro atoms. The van der Waals surface area contributed by atoms with E-state index in [0.717, 1.165) is 54.8 Å². The molecule has 0 aromatic carbocycles. The number of aromatic amines is 1. The maximum atomic E-state index is 4.60. The van der Waals surface area contributed by atoms with Gasteiger partial charge in [0.05, 0.1) is 12.1 Å². The zero-order valence-corrected chi connectivity index (χ0v) is 14.2. The van der Waals surface area contributed by atoms with E-state index in [0.29, 0.717) is 5.92 Å². The predicted molar refractivity (Wildman–Crippen MR) is 91.4 cm³/mol. The van der Waals surface area contributed by atoms with Crippen LogP contribution in [0.15, 0.2) is 18.3 Å². The Morgan fingerprint density at radius 2 is 2.21 bits per heavy atom. The fraction of sp³-hybridized carbons (Fsp3) is 0.529. The Labute approximate surface area is 141 Å². The van der Waals surface area contributed by atoms with Gasteiger partial charge in [-0.15, -0.1) is 0 Å². The van der Waals surface area contributed by atoms with E-state index >= 15 is 0 Å². The Morgan fingerprint density at radius 3 is 3.00 bits per heavy atom. The first-order valence-electron chi connectivity index (χ1n) is 8.57. The summed E-state index contributed by atoms with van der Waals surface area (Å²) in [6.45, 7) is 7.97. The molecule has 0 saturated carbocycles. The smallest absolute Gasteiger partial charge is 0.177 e. The van der Waals surface area contributed by atoms with Crippen LogP contribution in [0.5, 0.6) is 0 Å². The van der Waals surface area contributed by atoms with Crippen molar-refractivity contribution in [2.75, 3.05) is 13.1 Å². The van der Waals surface area contributed by atoms with Crippen molar-refractivity contribution in [3.8, 4) is 0 Å². The van der Waals surface area contributed by atoms with E-state index in [1.165, 1.54) is 12.8 Å². The molecule has 3 aromatic heterocycles. The van der Waals surface area contributed by atoms with Crippen molar-refractivity contribution in [2.24, 2.45) is 5.92 Å². The van der Waals surface area contributed by atoms with Crippen LogP contribution in [0.1, 0.15) is 30.3 Å². The van der Waals surface area contributed by atoms with E-state index in [4.69, 9.17) is 0 Å². The molecule has 1 saturated heterocycles. The average Bonchev–Trinajstić information content (AvgIpc) is 3.10. The number of rotatable bonds is 4. The second-order valence-electron chi connectivity index (χ2n) is 6.69. The van der Waals surface area contributed by atoms with Crippen LogP contribution in [0, 0.1) is 19.8 Å². The van der Waals surface area contributed by atoms with Crippen LogP contribution >= 0.6 is 0 Å². The highest BCUT2D eigenvalue weighted by Crippen LogP contribution is 2.20. The van der Waals surface area contributed by atoms with Crippen LogP contribution in [-0.4, -0.2) is 47.7 Å². The molecule has 0 unspecified atom stereocenters. The van der Waals surface area contributed by atoms with Gasteiger partial charge in [-0.2, -0.15) is 5.10 Å². The number of pyridine rings is 1. The van der Waals surface area contributed by atoms with Crippen LogP contribution in [0.3, 0.4) is 0 Å². The number of fused-ring (bicyclic) bond motifs is 1. The first-order chi connectivity index (χ1) is 11.7. The van der Waals surface area contributed by atoms with Crippen LogP contribution in [0.25, 0.3) is 11.2 Å². The van der Waals surface area contributed by atoms with Gasteiger partial charge >= 0.3 is 0 Å². The average molecular weight is 325 g/mol. The summed E-state index contributed by atoms with van der Waals surface area (Å²) >= 11 is 0. The molecule has 126 valence electrons. The molecule has 24 heavy (non-hydrogen) atoms. The van der Waals surface area contributed by atoms with Crippen molar-refractivity contribution in [2.45, 2.75) is 39.8 Å². The molecular formula is C17H23N7. The van der Waals surface area contributed by atoms with Crippen molar-refractivity contribution in [3.63, 3.8) is 0 Å². The minimum absolute atomic E-state index is 0.612. The van der Waals surface area contributed by atoms with Gasteiger partial charge in [0, 0.05) is 19.3 Å². The maximum absolute atomic E-state index is 4.60. The van der Waals surface area contributed by atoms with Crippen molar-refractivity contribution in [1.82, 2.24) is 34.6 Å². The Hall–Kier alpha value is -2.28. The van der Waals surface area contributed by atoms with Crippen molar-refractivity contribution in [1.29, 1.82) is 0 Å². The summed E-state index contributed by atoms with van der Waals surface area (Å²) < 4.78 is 2.05. The number of likely N-dealkylation sites (tertiary alicyclic amines) is 1. The number of H-pyrrole nitrogens is 1. The molecule has 0 bridgehead atoms. The van der Waals surface area contributed by atoms with Gasteiger partial charge in [0.15, 0.2) is 5.65 Å². The van der Waals surface area contributed by atoms with Gasteiger partial charge in [0.1, 0.15) is 17.5 Å². The second-order valence-corrected chi connectivity index (χ2v) is 6.69. The number of piperidine rings is 1. The lowest BCUT2D eigenvalue weighted by Crippen LogP contribution is -2.37. The summed E-state index contributed by atoms with van der Waals surface area (Å²) in [5.41, 5.74) is 1.81. The fourth-order valence-electron chi connectivity index (χ4n) is 3.60. The van der Waals surface area contributed by atoms with Gasteiger partial charge in [0.25, 0.3) is 0 Å². The Morgan fingerprint density at radius 1 is 1.29 bits per heavy atom. The third-order valence-corrected chi connectivity index (χ3v) is 4.68. The summed E-state index contributed by atoms with van der Waals surface area (Å²) in [4.78, 5) is 19.2. The molecule has 1 aliphatic rings. The molecule has 0 amide bonds. The molecule has 1 atom stereocenters. The topological polar surface area (TPSA) is 75.5 Å². The lowest BCUT2D eigenvalue weighted by molar-refractivity contribution is 0.150. The Kier molecular flexibility index (Phi) is 4.02. The van der Waals surface area contributed by atoms with Crippen molar-refractivity contribution < 1.29 is 0 Å². The highest BCUT2D eigenvalue weighted by molar-refractivity contribution is 5.69. The third-order valence-electron chi connectivity index (χ3n) is 4.68. The quantitative estimate of drug-likeness (QED) is 0.795. The lowest BCUT2D eigenvalue weighted by atomic mass is 9.98. The molecule has 3 aromatic rings. The van der Waals surface area contributed by atoms with Gasteiger partial charge in [-0.25, -0.2) is 19.6 Å². The molecule has 0 aliphatic carbocycles. The number of nitrogens with zero attached hydrogens (tertiary/aromatic N) is 6. The van der Waals surface area contributed by atoms with Crippen LogP contribution in [0.4, 0.5) is 0 Å². The summed E-state index contributed by atoms with van der Waals surface area (Å²) in [5, 5.41) is 4.50. The Bertz CT molecular complexity index is 801. The maximum Gasteiger partial charge on any atom is 0.177 e. The number of hydrogen-bond donors (Lipinski definition) is 1. The molecule has 0 radical (unpaired) electrons. The highest BCUT2D eigenvalue weighted by atomic mass is 15.3. The lowest BCUT2D eigenvalue weighted by Gasteiger charge is -2.32. The minimum atomic E-state index is 0.612. The normalized spacial score (nSPS) is 19.2. The summed E-state index contributed by atoms with van der Waals surface area (Å²) in [7, 11) is 0. The summed E-state index contributed by atoms with van der Waals surface area (Å²) in [5.74, 6) is 3.47. The zero-order chi connectivity index (χ0) is 16.5. The van der Waals surface area contributed by atoms with E-state index in [1.807, 2.05) is 26.0 Å². The number of hydrogen-bond acceptors (Lipinski definition) is 5. The number of imidazole rings is 1. The summed E-state index contributed by atoms with van der Waals surface area (Å²) in [6.07, 6.45) is 4.25. The van der Waals surface area contributed by atoms with Gasteiger partial charge in [-0.1, -0.05) is 0 Å². The number of aromatic nitrogens is 6. The van der Waals surface area contributed by atoms with Gasteiger partial charge in [-0.3, -0.25) is 4.90 Å². The SMILES string of the molecule is Cc1nc(C)n(C[C@@H]2CCCN(Cc3nc4ncccc4[nH]3)C2)n1. The standard InChI is InChI=1S/C17H23N7/c1-12-19-13(2)24(22-12)10-14-5-4-8-23(9-14)11-16-20-15-6-3-7-18-17(15)21-16/h3,6-7,14H,4-5,8-11H2,1-2H3,(H,18,20,21)/t14-/m1/s1. The van der Waals surface area contributed by atoms with E-state index < -0.39 is 0 Å². The highest BCUT2D eigenvalue weighted by Gasteiger charge is 2.22. The molecule has 4 heterocycles. The Balaban J connectivity index is 1.42. The molecule has 1 fully saturated rings. The molecule has 1 N–H and O–H groups in total. The van der Waals surface area contributed by atoms with E-state index in [-0.39, 0.29) is 0 Å². The van der Waals surface area contributed by atoms with Crippen LogP contribution < -0.4 is 0 Å². The first kappa shape index (κ1) is 15.3. The zero-order valence-electron chi connectivity index (χ0n) is 14.2. The van der Waals surface area contributed by atoms with Crippen molar-refractivity contribution in [3.05, 3.63) is 35.8 Å². The van der Waals surface area contributed by atoms with Gasteiger partial charge in [0.2, 0.25) is 0 Å². The molecular weight excluding hydrogens is 302 g/mol. The fourth-order valence-corrected chi connectivity index (χ4v) is 3.60. The first-order valence-corrected chi connectivity index (χ1v) is 8.57. The largest absolute Gasteiger partial charge is 0.340 e. The predicted octanol–water partition coefficient (Wildman–Crippen LogP) is 2.08. The molecule has 4 rings (SSSR count). The van der Waals surface area contributed by atoms with Crippen molar-refractivity contribution >= 4 is 11.2 Å². The molecule has 7 nitrogen and oxygen atoms in total. The van der Waals surface area contributed by atoms with E-state index in [2.05, 4.69) is 34.6 Å². The van der Waals surface area contributed by atoms with Crippen LogP contribution in [0.2, 0.25) is 0 Å². The van der Waals surface area contributed by atoms with Gasteiger partial charge < -0.3 is 4.98 Å². The second kappa shape index (κ2) is 6.32. The van der Waals surface area contributed by atoms with Gasteiger partial charge in [-0.05, 0) is 51.3 Å². The molecule has 1 aliphatic heterocycles. The van der Waals surface area contributed by atoms with Crippen LogP contribution in [-0.2, 0) is 13.1 Å². The third kappa shape index (κ3) is 3.17. The summed E-state index contributed by atoms with van der Waals surface area (Å²) in [6, 6.07) is 3.96. The molecule has 7 heteroatoms. The monoisotopic (exact) mass is 325 g/mol.